The van der Waals surface area contributed by atoms with Gasteiger partial charge in [0.25, 0.3) is 0 Å². The number of fused-ring (bicyclic) bond motifs is 1. The van der Waals surface area contributed by atoms with Crippen molar-refractivity contribution >= 4 is 5.69 Å². The zero-order chi connectivity index (χ0) is 12.3. The van der Waals surface area contributed by atoms with Crippen LogP contribution in [0.15, 0.2) is 18.2 Å². The topological polar surface area (TPSA) is 54.3 Å². The van der Waals surface area contributed by atoms with E-state index in [2.05, 4.69) is 25.2 Å². The highest BCUT2D eigenvalue weighted by Gasteiger charge is 2.15. The Morgan fingerprint density at radius 3 is 2.82 bits per heavy atom. The molecule has 0 aromatic heterocycles. The Labute approximate surface area is 101 Å². The minimum atomic E-state index is 0.0143. The van der Waals surface area contributed by atoms with Crippen molar-refractivity contribution in [3.8, 4) is 17.6 Å². The summed E-state index contributed by atoms with van der Waals surface area (Å²) in [5.41, 5.74) is 0.954. The molecule has 1 aliphatic heterocycles. The molecule has 4 nitrogen and oxygen atoms in total. The summed E-state index contributed by atoms with van der Waals surface area (Å²) in [7, 11) is 0. The summed E-state index contributed by atoms with van der Waals surface area (Å²) in [5.74, 6) is 1.89. The van der Waals surface area contributed by atoms with Gasteiger partial charge in [-0.2, -0.15) is 5.26 Å². The predicted molar refractivity (Wildman–Crippen MR) is 65.0 cm³/mol. The number of hydrogen-bond acceptors (Lipinski definition) is 4. The first kappa shape index (κ1) is 11.6. The molecule has 0 aliphatic carbocycles. The van der Waals surface area contributed by atoms with Gasteiger partial charge in [0.05, 0.1) is 12.0 Å². The van der Waals surface area contributed by atoms with Gasteiger partial charge in [0.1, 0.15) is 0 Å². The van der Waals surface area contributed by atoms with E-state index in [4.69, 9.17) is 14.7 Å². The van der Waals surface area contributed by atoms with E-state index < -0.39 is 0 Å². The van der Waals surface area contributed by atoms with Crippen LogP contribution in [0.5, 0.6) is 11.5 Å². The highest BCUT2D eigenvalue weighted by atomic mass is 16.7. The first-order valence-corrected chi connectivity index (χ1v) is 5.74. The van der Waals surface area contributed by atoms with Gasteiger partial charge in [0, 0.05) is 18.3 Å². The molecular formula is C13H16N2O2. The average molecular weight is 232 g/mol. The molecule has 0 fully saturated rings. The van der Waals surface area contributed by atoms with Crippen molar-refractivity contribution in [1.82, 2.24) is 0 Å². The second-order valence-electron chi connectivity index (χ2n) is 4.43. The Bertz CT molecular complexity index is 438. The van der Waals surface area contributed by atoms with Crippen molar-refractivity contribution in [2.75, 3.05) is 18.7 Å². The van der Waals surface area contributed by atoms with Gasteiger partial charge in [-0.1, -0.05) is 13.8 Å². The van der Waals surface area contributed by atoms with Crippen LogP contribution in [0.3, 0.4) is 0 Å². The zero-order valence-electron chi connectivity index (χ0n) is 10.1. The molecular weight excluding hydrogens is 216 g/mol. The van der Waals surface area contributed by atoms with Crippen LogP contribution >= 0.6 is 0 Å². The van der Waals surface area contributed by atoms with Crippen LogP contribution in [-0.4, -0.2) is 13.3 Å². The van der Waals surface area contributed by atoms with E-state index in [9.17, 15) is 0 Å². The highest BCUT2D eigenvalue weighted by Crippen LogP contribution is 2.34. The van der Waals surface area contributed by atoms with Crippen LogP contribution < -0.4 is 14.8 Å². The van der Waals surface area contributed by atoms with Gasteiger partial charge >= 0.3 is 0 Å². The monoisotopic (exact) mass is 232 g/mol. The molecule has 0 saturated carbocycles. The standard InChI is InChI=1S/C13H16N2O2/c1-9(2)10(6-14)7-15-11-3-4-12-13(5-11)17-8-16-12/h3-5,9-10,15H,7-8H2,1-2H3. The molecule has 1 atom stereocenters. The Morgan fingerprint density at radius 1 is 1.35 bits per heavy atom. The molecule has 4 heteroatoms. The number of nitriles is 1. The van der Waals surface area contributed by atoms with Crippen molar-refractivity contribution < 1.29 is 9.47 Å². The van der Waals surface area contributed by atoms with Crippen LogP contribution in [0.4, 0.5) is 5.69 Å². The van der Waals surface area contributed by atoms with Crippen LogP contribution in [0.2, 0.25) is 0 Å². The van der Waals surface area contributed by atoms with E-state index in [0.717, 1.165) is 17.2 Å². The van der Waals surface area contributed by atoms with Crippen LogP contribution in [-0.2, 0) is 0 Å². The molecule has 0 saturated heterocycles. The maximum atomic E-state index is 8.99. The fraction of sp³-hybridized carbons (Fsp3) is 0.462. The van der Waals surface area contributed by atoms with Gasteiger partial charge in [-0.05, 0) is 18.1 Å². The van der Waals surface area contributed by atoms with Crippen LogP contribution in [0, 0.1) is 23.2 Å². The summed E-state index contributed by atoms with van der Waals surface area (Å²) < 4.78 is 10.5. The number of ether oxygens (including phenoxy) is 2. The number of benzene rings is 1. The number of anilines is 1. The Kier molecular flexibility index (Phi) is 3.38. The highest BCUT2D eigenvalue weighted by molar-refractivity contribution is 5.55. The SMILES string of the molecule is CC(C)C(C#N)CNc1ccc2c(c1)OCO2. The molecule has 1 unspecified atom stereocenters. The summed E-state index contributed by atoms with van der Waals surface area (Å²) in [6, 6.07) is 8.01. The van der Waals surface area contributed by atoms with Crippen molar-refractivity contribution in [1.29, 1.82) is 5.26 Å². The van der Waals surface area contributed by atoms with E-state index in [1.807, 2.05) is 18.2 Å². The quantitative estimate of drug-likeness (QED) is 0.867. The zero-order valence-corrected chi connectivity index (χ0v) is 10.1. The van der Waals surface area contributed by atoms with Crippen molar-refractivity contribution in [3.63, 3.8) is 0 Å². The molecule has 1 aliphatic rings. The molecule has 0 amide bonds. The average Bonchev–Trinajstić information content (AvgIpc) is 2.76. The molecule has 1 aromatic rings. The van der Waals surface area contributed by atoms with Crippen molar-refractivity contribution in [2.24, 2.45) is 11.8 Å². The van der Waals surface area contributed by atoms with Crippen molar-refractivity contribution in [3.05, 3.63) is 18.2 Å². The number of hydrogen-bond donors (Lipinski definition) is 1. The first-order chi connectivity index (χ1) is 8.20. The molecule has 1 aromatic carbocycles. The maximum absolute atomic E-state index is 8.99. The predicted octanol–water partition coefficient (Wildman–Crippen LogP) is 2.62. The summed E-state index contributed by atoms with van der Waals surface area (Å²) in [6.45, 7) is 5.03. The van der Waals surface area contributed by atoms with E-state index in [1.54, 1.807) is 0 Å². The Morgan fingerprint density at radius 2 is 2.12 bits per heavy atom. The van der Waals surface area contributed by atoms with E-state index in [1.165, 1.54) is 0 Å². The third-order valence-corrected chi connectivity index (χ3v) is 2.87. The lowest BCUT2D eigenvalue weighted by Crippen LogP contribution is -2.17. The lowest BCUT2D eigenvalue weighted by molar-refractivity contribution is 0.174. The maximum Gasteiger partial charge on any atom is 0.231 e. The number of nitrogens with zero attached hydrogens (tertiary/aromatic N) is 1. The minimum absolute atomic E-state index is 0.0143. The Hall–Kier alpha value is -1.89. The lowest BCUT2D eigenvalue weighted by Gasteiger charge is -2.14. The molecule has 1 N–H and O–H groups in total. The second kappa shape index (κ2) is 4.96. The second-order valence-corrected chi connectivity index (χ2v) is 4.43. The van der Waals surface area contributed by atoms with E-state index in [0.29, 0.717) is 12.5 Å². The molecule has 1 heterocycles. The fourth-order valence-corrected chi connectivity index (χ4v) is 1.66. The van der Waals surface area contributed by atoms with Crippen LogP contribution in [0.25, 0.3) is 0 Å². The normalized spacial score (nSPS) is 14.5. The fourth-order valence-electron chi connectivity index (χ4n) is 1.66. The summed E-state index contributed by atoms with van der Waals surface area (Å²) in [4.78, 5) is 0. The van der Waals surface area contributed by atoms with Gasteiger partial charge in [0.15, 0.2) is 11.5 Å². The minimum Gasteiger partial charge on any atom is -0.454 e. The molecule has 90 valence electrons. The smallest absolute Gasteiger partial charge is 0.231 e. The number of rotatable bonds is 4. The van der Waals surface area contributed by atoms with Gasteiger partial charge in [-0.25, -0.2) is 0 Å². The van der Waals surface area contributed by atoms with Gasteiger partial charge < -0.3 is 14.8 Å². The third kappa shape index (κ3) is 2.62. The summed E-state index contributed by atoms with van der Waals surface area (Å²) >= 11 is 0. The summed E-state index contributed by atoms with van der Waals surface area (Å²) in [5, 5.41) is 12.2. The summed E-state index contributed by atoms with van der Waals surface area (Å²) in [6.07, 6.45) is 0. The van der Waals surface area contributed by atoms with Crippen LogP contribution in [0.1, 0.15) is 13.8 Å². The van der Waals surface area contributed by atoms with Gasteiger partial charge in [-0.3, -0.25) is 0 Å². The van der Waals surface area contributed by atoms with E-state index in [-0.39, 0.29) is 12.7 Å². The molecule has 0 spiro atoms. The van der Waals surface area contributed by atoms with Crippen molar-refractivity contribution in [2.45, 2.75) is 13.8 Å². The van der Waals surface area contributed by atoms with E-state index >= 15 is 0 Å². The molecule has 0 radical (unpaired) electrons. The van der Waals surface area contributed by atoms with Gasteiger partial charge in [0.2, 0.25) is 6.79 Å². The largest absolute Gasteiger partial charge is 0.454 e. The molecule has 17 heavy (non-hydrogen) atoms. The first-order valence-electron chi connectivity index (χ1n) is 5.74. The lowest BCUT2D eigenvalue weighted by atomic mass is 9.97. The molecule has 2 rings (SSSR count). The third-order valence-electron chi connectivity index (χ3n) is 2.87. The Balaban J connectivity index is 1.98. The molecule has 0 bridgehead atoms. The van der Waals surface area contributed by atoms with Gasteiger partial charge in [-0.15, -0.1) is 0 Å². The number of nitrogens with one attached hydrogen (secondary N) is 1.